The molecule has 0 saturated heterocycles. The highest BCUT2D eigenvalue weighted by Crippen LogP contribution is 2.25. The quantitative estimate of drug-likeness (QED) is 0.675. The van der Waals surface area contributed by atoms with E-state index in [4.69, 9.17) is 4.74 Å². The van der Waals surface area contributed by atoms with Crippen LogP contribution in [0.1, 0.15) is 10.5 Å². The molecule has 3 rings (SSSR count). The van der Waals surface area contributed by atoms with Gasteiger partial charge in [-0.25, -0.2) is 9.78 Å². The highest BCUT2D eigenvalue weighted by atomic mass is 79.9. The number of hydrogen-bond acceptors (Lipinski definition) is 3. The molecule has 0 radical (unpaired) electrons. The molecule has 2 heterocycles. The van der Waals surface area contributed by atoms with Crippen LogP contribution in [0.25, 0.3) is 16.8 Å². The summed E-state index contributed by atoms with van der Waals surface area (Å²) in [5.74, 6) is -0.436. The Hall–Kier alpha value is -2.14. The predicted octanol–water partition coefficient (Wildman–Crippen LogP) is 3.55. The second kappa shape index (κ2) is 5.09. The molecule has 4 nitrogen and oxygen atoms in total. The molecule has 0 saturated carbocycles. The minimum Gasteiger partial charge on any atom is -0.464 e. The third-order valence-corrected chi connectivity index (χ3v) is 3.56. The van der Waals surface area contributed by atoms with Gasteiger partial charge in [-0.1, -0.05) is 28.1 Å². The number of fused-ring (bicyclic) bond motifs is 1. The molecule has 0 spiro atoms. The van der Waals surface area contributed by atoms with Crippen LogP contribution in [0.3, 0.4) is 0 Å². The van der Waals surface area contributed by atoms with Crippen molar-refractivity contribution in [1.29, 1.82) is 0 Å². The maximum absolute atomic E-state index is 11.7. The Morgan fingerprint density at radius 1 is 1.30 bits per heavy atom. The lowest BCUT2D eigenvalue weighted by atomic mass is 10.1. The molecule has 3 aromatic rings. The summed E-state index contributed by atoms with van der Waals surface area (Å²) >= 11 is 3.46. The Bertz CT molecular complexity index is 795. The first kappa shape index (κ1) is 12.9. The van der Waals surface area contributed by atoms with Gasteiger partial charge in [-0.2, -0.15) is 0 Å². The van der Waals surface area contributed by atoms with E-state index in [0.29, 0.717) is 5.69 Å². The average Bonchev–Trinajstić information content (AvgIpc) is 2.94. The number of carbonyl (C=O) groups is 1. The Morgan fingerprint density at radius 3 is 2.90 bits per heavy atom. The molecule has 0 aliphatic rings. The van der Waals surface area contributed by atoms with Crippen molar-refractivity contribution in [1.82, 2.24) is 9.38 Å². The Morgan fingerprint density at radius 2 is 2.15 bits per heavy atom. The van der Waals surface area contributed by atoms with Gasteiger partial charge < -0.3 is 9.14 Å². The summed E-state index contributed by atoms with van der Waals surface area (Å²) < 4.78 is 7.68. The Labute approximate surface area is 124 Å². The SMILES string of the molecule is COC(=O)c1ncc(-c2cccc(Br)c2)n2cccc12. The molecule has 2 aromatic heterocycles. The first-order valence-electron chi connectivity index (χ1n) is 6.01. The fourth-order valence-corrected chi connectivity index (χ4v) is 2.55. The lowest BCUT2D eigenvalue weighted by Crippen LogP contribution is -2.07. The fraction of sp³-hybridized carbons (Fsp3) is 0.0667. The predicted molar refractivity (Wildman–Crippen MR) is 79.7 cm³/mol. The lowest BCUT2D eigenvalue weighted by molar-refractivity contribution is 0.0596. The van der Waals surface area contributed by atoms with Crippen LogP contribution >= 0.6 is 15.9 Å². The summed E-state index contributed by atoms with van der Waals surface area (Å²) in [5, 5.41) is 0. The van der Waals surface area contributed by atoms with Gasteiger partial charge in [0.15, 0.2) is 5.69 Å². The molecule has 5 heteroatoms. The molecule has 0 amide bonds. The summed E-state index contributed by atoms with van der Waals surface area (Å²) in [6.45, 7) is 0. The molecule has 0 unspecified atom stereocenters. The van der Waals surface area contributed by atoms with Crippen molar-refractivity contribution in [2.45, 2.75) is 0 Å². The van der Waals surface area contributed by atoms with Crippen molar-refractivity contribution in [3.8, 4) is 11.3 Å². The van der Waals surface area contributed by atoms with Crippen LogP contribution in [0.15, 0.2) is 53.3 Å². The number of carbonyl (C=O) groups excluding carboxylic acids is 1. The van der Waals surface area contributed by atoms with Crippen LogP contribution in [0.5, 0.6) is 0 Å². The van der Waals surface area contributed by atoms with Gasteiger partial charge in [0.25, 0.3) is 0 Å². The number of hydrogen-bond donors (Lipinski definition) is 0. The summed E-state index contributed by atoms with van der Waals surface area (Å²) in [4.78, 5) is 16.0. The molecule has 0 aliphatic carbocycles. The van der Waals surface area contributed by atoms with Crippen LogP contribution < -0.4 is 0 Å². The topological polar surface area (TPSA) is 43.6 Å². The second-order valence-electron chi connectivity index (χ2n) is 4.26. The Balaban J connectivity index is 2.24. The number of nitrogens with zero attached hydrogens (tertiary/aromatic N) is 2. The van der Waals surface area contributed by atoms with Gasteiger partial charge >= 0.3 is 5.97 Å². The third kappa shape index (κ3) is 2.10. The maximum Gasteiger partial charge on any atom is 0.358 e. The van der Waals surface area contributed by atoms with Crippen molar-refractivity contribution in [3.63, 3.8) is 0 Å². The molecule has 0 bridgehead atoms. The van der Waals surface area contributed by atoms with Crippen LogP contribution in [0.4, 0.5) is 0 Å². The summed E-state index contributed by atoms with van der Waals surface area (Å²) in [6, 6.07) is 11.7. The van der Waals surface area contributed by atoms with Crippen LogP contribution in [-0.2, 0) is 4.74 Å². The number of methoxy groups -OCH3 is 1. The first-order valence-corrected chi connectivity index (χ1v) is 6.80. The highest BCUT2D eigenvalue weighted by molar-refractivity contribution is 9.10. The van der Waals surface area contributed by atoms with Gasteiger partial charge in [-0.15, -0.1) is 0 Å². The molecule has 20 heavy (non-hydrogen) atoms. The first-order chi connectivity index (χ1) is 9.70. The largest absolute Gasteiger partial charge is 0.464 e. The van der Waals surface area contributed by atoms with Gasteiger partial charge in [0.05, 0.1) is 24.5 Å². The minimum absolute atomic E-state index is 0.316. The average molecular weight is 331 g/mol. The number of halogens is 1. The van der Waals surface area contributed by atoms with Gasteiger partial charge in [0.1, 0.15) is 0 Å². The highest BCUT2D eigenvalue weighted by Gasteiger charge is 2.15. The monoisotopic (exact) mass is 330 g/mol. The molecular weight excluding hydrogens is 320 g/mol. The zero-order chi connectivity index (χ0) is 14.1. The molecule has 100 valence electrons. The summed E-state index contributed by atoms with van der Waals surface area (Å²) in [7, 11) is 1.35. The maximum atomic E-state index is 11.7. The van der Waals surface area contributed by atoms with E-state index in [0.717, 1.165) is 21.2 Å². The lowest BCUT2D eigenvalue weighted by Gasteiger charge is -2.09. The van der Waals surface area contributed by atoms with Gasteiger partial charge in [0, 0.05) is 16.2 Å². The second-order valence-corrected chi connectivity index (χ2v) is 5.17. The van der Waals surface area contributed by atoms with Crippen molar-refractivity contribution < 1.29 is 9.53 Å². The molecule has 0 atom stereocenters. The van der Waals surface area contributed by atoms with Gasteiger partial charge in [-0.3, -0.25) is 0 Å². The van der Waals surface area contributed by atoms with Crippen molar-refractivity contribution in [3.05, 3.63) is 59.0 Å². The summed E-state index contributed by atoms with van der Waals surface area (Å²) in [6.07, 6.45) is 3.58. The van der Waals surface area contributed by atoms with E-state index in [1.54, 1.807) is 6.20 Å². The molecule has 0 aliphatic heterocycles. The third-order valence-electron chi connectivity index (χ3n) is 3.07. The molecule has 0 fully saturated rings. The van der Waals surface area contributed by atoms with Crippen molar-refractivity contribution >= 4 is 27.4 Å². The van der Waals surface area contributed by atoms with Crippen LogP contribution in [-0.4, -0.2) is 22.5 Å². The van der Waals surface area contributed by atoms with E-state index in [1.807, 2.05) is 47.0 Å². The molecule has 1 aromatic carbocycles. The normalized spacial score (nSPS) is 10.7. The number of esters is 1. The van der Waals surface area contributed by atoms with E-state index >= 15 is 0 Å². The molecule has 0 N–H and O–H groups in total. The zero-order valence-corrected chi connectivity index (χ0v) is 12.3. The van der Waals surface area contributed by atoms with E-state index in [2.05, 4.69) is 20.9 Å². The smallest absolute Gasteiger partial charge is 0.358 e. The number of aromatic nitrogens is 2. The van der Waals surface area contributed by atoms with E-state index < -0.39 is 5.97 Å². The van der Waals surface area contributed by atoms with Gasteiger partial charge in [0.2, 0.25) is 0 Å². The van der Waals surface area contributed by atoms with E-state index in [9.17, 15) is 4.79 Å². The number of ether oxygens (including phenoxy) is 1. The number of benzene rings is 1. The summed E-state index contributed by atoms with van der Waals surface area (Å²) in [5.41, 5.74) is 2.98. The van der Waals surface area contributed by atoms with Crippen LogP contribution in [0, 0.1) is 0 Å². The minimum atomic E-state index is -0.436. The standard InChI is InChI=1S/C15H11BrN2O2/c1-20-15(19)14-12-6-3-7-18(12)13(9-17-14)10-4-2-5-11(16)8-10/h2-9H,1H3. The van der Waals surface area contributed by atoms with Gasteiger partial charge in [-0.05, 0) is 24.3 Å². The van der Waals surface area contributed by atoms with E-state index in [1.165, 1.54) is 7.11 Å². The Kier molecular flexibility index (Phi) is 3.28. The zero-order valence-electron chi connectivity index (χ0n) is 10.7. The van der Waals surface area contributed by atoms with Crippen LogP contribution in [0.2, 0.25) is 0 Å². The van der Waals surface area contributed by atoms with Crippen molar-refractivity contribution in [2.75, 3.05) is 7.11 Å². The molecular formula is C15H11BrN2O2. The van der Waals surface area contributed by atoms with E-state index in [-0.39, 0.29) is 0 Å². The van der Waals surface area contributed by atoms with Crippen molar-refractivity contribution in [2.24, 2.45) is 0 Å². The number of rotatable bonds is 2. The fourth-order valence-electron chi connectivity index (χ4n) is 2.15.